The van der Waals surface area contributed by atoms with Crippen molar-refractivity contribution in [3.05, 3.63) is 64.7 Å². The van der Waals surface area contributed by atoms with Gasteiger partial charge in [0.1, 0.15) is 0 Å². The molecule has 1 aliphatic heterocycles. The van der Waals surface area contributed by atoms with Gasteiger partial charge < -0.3 is 5.32 Å². The number of aryl methyl sites for hydroxylation is 3. The number of piperidine rings is 1. The molecule has 1 heterocycles. The highest BCUT2D eigenvalue weighted by Gasteiger charge is 2.28. The van der Waals surface area contributed by atoms with Gasteiger partial charge in [-0.2, -0.15) is 4.31 Å². The molecule has 5 nitrogen and oxygen atoms in total. The van der Waals surface area contributed by atoms with E-state index in [1.165, 1.54) is 17.2 Å². The van der Waals surface area contributed by atoms with Gasteiger partial charge in [0.05, 0.1) is 4.90 Å². The van der Waals surface area contributed by atoms with Crippen LogP contribution in [0.15, 0.2) is 47.4 Å². The highest BCUT2D eigenvalue weighted by Crippen LogP contribution is 2.24. The third-order valence-electron chi connectivity index (χ3n) is 5.43. The highest BCUT2D eigenvalue weighted by molar-refractivity contribution is 7.89. The van der Waals surface area contributed by atoms with Crippen LogP contribution in [-0.4, -0.2) is 38.3 Å². The zero-order chi connectivity index (χ0) is 20.9. The quantitative estimate of drug-likeness (QED) is 0.700. The van der Waals surface area contributed by atoms with Crippen LogP contribution >= 0.6 is 0 Å². The Morgan fingerprint density at radius 3 is 2.38 bits per heavy atom. The van der Waals surface area contributed by atoms with Gasteiger partial charge in [-0.3, -0.25) is 4.79 Å². The molecule has 2 aromatic carbocycles. The lowest BCUT2D eigenvalue weighted by molar-refractivity contribution is 0.0953. The maximum Gasteiger partial charge on any atom is 0.251 e. The van der Waals surface area contributed by atoms with E-state index in [4.69, 9.17) is 0 Å². The van der Waals surface area contributed by atoms with Crippen LogP contribution in [0.25, 0.3) is 0 Å². The molecule has 29 heavy (non-hydrogen) atoms. The summed E-state index contributed by atoms with van der Waals surface area (Å²) in [5.41, 5.74) is 3.54. The SMILES string of the molecule is Cc1ccc(CCCNC(=O)c2ccc(C)c(S(=O)(=O)N3CCCCC3)c2)cc1. The predicted octanol–water partition coefficient (Wildman–Crippen LogP) is 3.84. The molecule has 0 bridgehead atoms. The molecule has 2 aromatic rings. The largest absolute Gasteiger partial charge is 0.352 e. The molecule has 3 rings (SSSR count). The van der Waals surface area contributed by atoms with E-state index < -0.39 is 10.0 Å². The van der Waals surface area contributed by atoms with Crippen LogP contribution in [0.3, 0.4) is 0 Å². The number of rotatable bonds is 7. The molecule has 6 heteroatoms. The maximum absolute atomic E-state index is 13.0. The van der Waals surface area contributed by atoms with Gasteiger partial charge >= 0.3 is 0 Å². The lowest BCUT2D eigenvalue weighted by Crippen LogP contribution is -2.36. The smallest absolute Gasteiger partial charge is 0.251 e. The van der Waals surface area contributed by atoms with Gasteiger partial charge in [-0.05, 0) is 62.8 Å². The number of sulfonamides is 1. The molecular formula is C23H30N2O3S. The average molecular weight is 415 g/mol. The zero-order valence-electron chi connectivity index (χ0n) is 17.3. The van der Waals surface area contributed by atoms with Gasteiger partial charge in [0, 0.05) is 25.2 Å². The summed E-state index contributed by atoms with van der Waals surface area (Å²) in [6.07, 6.45) is 4.57. The Labute approximate surface area is 174 Å². The number of benzene rings is 2. The van der Waals surface area contributed by atoms with Gasteiger partial charge in [0.25, 0.3) is 5.91 Å². The van der Waals surface area contributed by atoms with Crippen molar-refractivity contribution in [2.75, 3.05) is 19.6 Å². The summed E-state index contributed by atoms with van der Waals surface area (Å²) in [4.78, 5) is 12.8. The minimum Gasteiger partial charge on any atom is -0.352 e. The molecule has 1 aliphatic rings. The first-order chi connectivity index (χ1) is 13.9. The van der Waals surface area contributed by atoms with Crippen LogP contribution in [0.2, 0.25) is 0 Å². The predicted molar refractivity (Wildman–Crippen MR) is 116 cm³/mol. The number of amides is 1. The first-order valence-electron chi connectivity index (χ1n) is 10.3. The molecule has 1 amide bonds. The van der Waals surface area contributed by atoms with E-state index in [1.807, 2.05) is 0 Å². The second-order valence-corrected chi connectivity index (χ2v) is 9.70. The highest BCUT2D eigenvalue weighted by atomic mass is 32.2. The van der Waals surface area contributed by atoms with E-state index in [2.05, 4.69) is 36.5 Å². The Morgan fingerprint density at radius 1 is 1.00 bits per heavy atom. The monoisotopic (exact) mass is 414 g/mol. The number of carbonyl (C=O) groups excluding carboxylic acids is 1. The van der Waals surface area contributed by atoms with Crippen LogP contribution in [0.4, 0.5) is 0 Å². The number of carbonyl (C=O) groups is 1. The van der Waals surface area contributed by atoms with Crippen LogP contribution < -0.4 is 5.32 Å². The van der Waals surface area contributed by atoms with Crippen LogP contribution in [0.5, 0.6) is 0 Å². The van der Waals surface area contributed by atoms with E-state index >= 15 is 0 Å². The fourth-order valence-electron chi connectivity index (χ4n) is 3.61. The molecule has 0 radical (unpaired) electrons. The van der Waals surface area contributed by atoms with Crippen LogP contribution in [0, 0.1) is 13.8 Å². The Hall–Kier alpha value is -2.18. The topological polar surface area (TPSA) is 66.5 Å². The third-order valence-corrected chi connectivity index (χ3v) is 7.47. The van der Waals surface area contributed by atoms with E-state index in [0.29, 0.717) is 30.8 Å². The van der Waals surface area contributed by atoms with Gasteiger partial charge in [-0.25, -0.2) is 8.42 Å². The summed E-state index contributed by atoms with van der Waals surface area (Å²) >= 11 is 0. The molecular weight excluding hydrogens is 384 g/mol. The fraction of sp³-hybridized carbons (Fsp3) is 0.435. The fourth-order valence-corrected chi connectivity index (χ4v) is 5.38. The van der Waals surface area contributed by atoms with E-state index in [9.17, 15) is 13.2 Å². The van der Waals surface area contributed by atoms with E-state index in [-0.39, 0.29) is 10.8 Å². The average Bonchev–Trinajstić information content (AvgIpc) is 2.73. The summed E-state index contributed by atoms with van der Waals surface area (Å²) in [5, 5.41) is 2.91. The van der Waals surface area contributed by atoms with Crippen molar-refractivity contribution in [3.63, 3.8) is 0 Å². The van der Waals surface area contributed by atoms with Crippen molar-refractivity contribution in [1.82, 2.24) is 9.62 Å². The van der Waals surface area contributed by atoms with Crippen molar-refractivity contribution < 1.29 is 13.2 Å². The maximum atomic E-state index is 13.0. The summed E-state index contributed by atoms with van der Waals surface area (Å²) in [5.74, 6) is -0.232. The zero-order valence-corrected chi connectivity index (χ0v) is 18.1. The van der Waals surface area contributed by atoms with Gasteiger partial charge in [-0.15, -0.1) is 0 Å². The molecule has 1 saturated heterocycles. The Bertz CT molecular complexity index is 947. The lowest BCUT2D eigenvalue weighted by Gasteiger charge is -2.26. The molecule has 0 saturated carbocycles. The summed E-state index contributed by atoms with van der Waals surface area (Å²) in [7, 11) is -3.56. The third kappa shape index (κ3) is 5.46. The Morgan fingerprint density at radius 2 is 1.69 bits per heavy atom. The summed E-state index contributed by atoms with van der Waals surface area (Å²) < 4.78 is 27.6. The molecule has 0 unspecified atom stereocenters. The van der Waals surface area contributed by atoms with E-state index in [0.717, 1.165) is 32.1 Å². The van der Waals surface area contributed by atoms with Crippen LogP contribution in [0.1, 0.15) is 52.7 Å². The van der Waals surface area contributed by atoms with Crippen molar-refractivity contribution in [2.24, 2.45) is 0 Å². The minimum atomic E-state index is -3.56. The van der Waals surface area contributed by atoms with Crippen molar-refractivity contribution in [3.8, 4) is 0 Å². The lowest BCUT2D eigenvalue weighted by atomic mass is 10.1. The number of nitrogens with one attached hydrogen (secondary N) is 1. The molecule has 0 aromatic heterocycles. The second-order valence-electron chi connectivity index (χ2n) is 7.79. The number of hydrogen-bond acceptors (Lipinski definition) is 3. The summed E-state index contributed by atoms with van der Waals surface area (Å²) in [6.45, 7) is 5.49. The van der Waals surface area contributed by atoms with Crippen molar-refractivity contribution in [2.45, 2.75) is 50.8 Å². The standard InChI is InChI=1S/C23H30N2O3S/c1-18-8-11-20(12-9-18)7-6-14-24-23(26)21-13-10-19(2)22(17-21)29(27,28)25-15-4-3-5-16-25/h8-13,17H,3-7,14-16H2,1-2H3,(H,24,26). The number of hydrogen-bond donors (Lipinski definition) is 1. The molecule has 0 aliphatic carbocycles. The summed E-state index contributed by atoms with van der Waals surface area (Å²) in [6, 6.07) is 13.3. The Kier molecular flexibility index (Phi) is 7.09. The molecule has 1 N–H and O–H groups in total. The van der Waals surface area contributed by atoms with E-state index in [1.54, 1.807) is 23.4 Å². The molecule has 1 fully saturated rings. The first-order valence-corrected chi connectivity index (χ1v) is 11.8. The van der Waals surface area contributed by atoms with Gasteiger partial charge in [0.15, 0.2) is 0 Å². The molecule has 156 valence electrons. The van der Waals surface area contributed by atoms with Gasteiger partial charge in [-0.1, -0.05) is 42.3 Å². The van der Waals surface area contributed by atoms with Crippen molar-refractivity contribution >= 4 is 15.9 Å². The van der Waals surface area contributed by atoms with Crippen molar-refractivity contribution in [1.29, 1.82) is 0 Å². The second kappa shape index (κ2) is 9.55. The minimum absolute atomic E-state index is 0.232. The molecule has 0 atom stereocenters. The van der Waals surface area contributed by atoms with Crippen LogP contribution in [-0.2, 0) is 16.4 Å². The normalized spacial score (nSPS) is 15.2. The molecule has 0 spiro atoms. The Balaban J connectivity index is 1.62. The van der Waals surface area contributed by atoms with Gasteiger partial charge in [0.2, 0.25) is 10.0 Å². The first kappa shape index (κ1) is 21.5. The number of nitrogens with zero attached hydrogens (tertiary/aromatic N) is 1.